The van der Waals surface area contributed by atoms with Crippen molar-refractivity contribution in [2.24, 2.45) is 0 Å². The Hall–Kier alpha value is 0.722. The first-order chi connectivity index (χ1) is 4.77. The third kappa shape index (κ3) is 13.7. The predicted molar refractivity (Wildman–Crippen MR) is 46.7 cm³/mol. The third-order valence-electron chi connectivity index (χ3n) is 1.31. The first kappa shape index (κ1) is 14.3. The molecule has 0 aromatic carbocycles. The zero-order valence-corrected chi connectivity index (χ0v) is 12.0. The van der Waals surface area contributed by atoms with Crippen LogP contribution in [0.3, 0.4) is 0 Å². The van der Waals surface area contributed by atoms with Gasteiger partial charge in [0.1, 0.15) is 0 Å². The summed E-state index contributed by atoms with van der Waals surface area (Å²) in [5.74, 6) is 0. The molecule has 0 fully saturated rings. The van der Waals surface area contributed by atoms with Crippen LogP contribution in [0.2, 0.25) is 0 Å². The topological polar surface area (TPSA) is 23.8 Å². The summed E-state index contributed by atoms with van der Waals surface area (Å²) in [6.07, 6.45) is 8.43. The van der Waals surface area contributed by atoms with Gasteiger partial charge in [-0.3, -0.25) is 0 Å². The molecule has 1 nitrogen and oxygen atoms in total. The number of allylic oxidation sites excluding steroid dienone is 3. The zero-order valence-electron chi connectivity index (χ0n) is 7.27. The smallest absolute Gasteiger partial charge is 0 e. The fourth-order valence-corrected chi connectivity index (χ4v) is 0.752. The minimum atomic E-state index is 0. The average Bonchev–Trinajstić information content (AvgIpc) is 1.87. The standard InChI is InChI=1S/C9H16N.Ac/c1-3-4-5-6-7-8-9(2)10;/h3,8,10H,1,4-7H2,2H3;/q-1;/b9-8-;. The number of unbranched alkanes of at least 4 members (excludes halogenated alkanes) is 3. The fourth-order valence-electron chi connectivity index (χ4n) is 0.752. The Balaban J connectivity index is 0. The van der Waals surface area contributed by atoms with E-state index in [4.69, 9.17) is 5.73 Å². The summed E-state index contributed by atoms with van der Waals surface area (Å²) >= 11 is 0. The van der Waals surface area contributed by atoms with Gasteiger partial charge in [0.15, 0.2) is 0 Å². The van der Waals surface area contributed by atoms with Gasteiger partial charge in [-0.1, -0.05) is 13.0 Å². The first-order valence-electron chi connectivity index (χ1n) is 3.76. The summed E-state index contributed by atoms with van der Waals surface area (Å²) in [5, 5.41) is 0. The second-order valence-electron chi connectivity index (χ2n) is 2.46. The van der Waals surface area contributed by atoms with E-state index in [1.807, 2.05) is 19.1 Å². The van der Waals surface area contributed by atoms with Gasteiger partial charge in [0.05, 0.1) is 0 Å². The minimum absolute atomic E-state index is 0. The van der Waals surface area contributed by atoms with Crippen LogP contribution < -0.4 is 0 Å². The Labute approximate surface area is 106 Å². The molecule has 61 valence electrons. The van der Waals surface area contributed by atoms with Crippen LogP contribution in [0.15, 0.2) is 24.4 Å². The Morgan fingerprint density at radius 3 is 2.36 bits per heavy atom. The van der Waals surface area contributed by atoms with Crippen LogP contribution in [-0.2, 0) is 0 Å². The van der Waals surface area contributed by atoms with Gasteiger partial charge in [0, 0.05) is 44.1 Å². The second kappa shape index (κ2) is 10.7. The van der Waals surface area contributed by atoms with E-state index in [1.165, 1.54) is 12.8 Å². The van der Waals surface area contributed by atoms with Gasteiger partial charge >= 0.3 is 0 Å². The molecule has 0 atom stereocenters. The van der Waals surface area contributed by atoms with E-state index < -0.39 is 0 Å². The van der Waals surface area contributed by atoms with Gasteiger partial charge in [-0.25, -0.2) is 0 Å². The monoisotopic (exact) mass is 365 g/mol. The summed E-state index contributed by atoms with van der Waals surface area (Å²) in [6, 6.07) is 0. The molecule has 0 rings (SSSR count). The molecule has 0 bridgehead atoms. The van der Waals surface area contributed by atoms with Crippen molar-refractivity contribution in [2.75, 3.05) is 0 Å². The van der Waals surface area contributed by atoms with Crippen LogP contribution in [0, 0.1) is 44.1 Å². The van der Waals surface area contributed by atoms with Crippen LogP contribution in [0.25, 0.3) is 5.73 Å². The van der Waals surface area contributed by atoms with E-state index >= 15 is 0 Å². The summed E-state index contributed by atoms with van der Waals surface area (Å²) < 4.78 is 0. The zero-order chi connectivity index (χ0) is 7.82. The van der Waals surface area contributed by atoms with Gasteiger partial charge < -0.3 is 5.73 Å². The molecule has 0 aromatic heterocycles. The van der Waals surface area contributed by atoms with Crippen molar-refractivity contribution in [2.45, 2.75) is 32.6 Å². The summed E-state index contributed by atoms with van der Waals surface area (Å²) in [7, 11) is 0. The number of hydrogen-bond acceptors (Lipinski definition) is 0. The maximum atomic E-state index is 7.10. The molecule has 2 heteroatoms. The largest absolute Gasteiger partial charge is 0.703 e. The Bertz CT molecular complexity index is 115. The molecule has 1 radical (unpaired) electrons. The average molecular weight is 365 g/mol. The molecule has 0 aliphatic rings. The van der Waals surface area contributed by atoms with E-state index in [1.54, 1.807) is 0 Å². The van der Waals surface area contributed by atoms with Gasteiger partial charge in [0.2, 0.25) is 0 Å². The molecule has 11 heavy (non-hydrogen) atoms. The number of rotatable bonds is 5. The van der Waals surface area contributed by atoms with Crippen molar-refractivity contribution < 1.29 is 44.1 Å². The molecule has 0 amide bonds. The molecule has 0 aliphatic heterocycles. The summed E-state index contributed by atoms with van der Waals surface area (Å²) in [4.78, 5) is 0. The molecule has 0 spiro atoms. The second-order valence-corrected chi connectivity index (χ2v) is 2.46. The van der Waals surface area contributed by atoms with E-state index in [2.05, 4.69) is 6.58 Å². The summed E-state index contributed by atoms with van der Waals surface area (Å²) in [5.41, 5.74) is 7.78. The summed E-state index contributed by atoms with van der Waals surface area (Å²) in [6.45, 7) is 5.45. The van der Waals surface area contributed by atoms with Crippen LogP contribution in [0.5, 0.6) is 0 Å². The molecule has 0 heterocycles. The van der Waals surface area contributed by atoms with Crippen molar-refractivity contribution >= 4 is 0 Å². The van der Waals surface area contributed by atoms with Gasteiger partial charge in [-0.05, 0) is 25.7 Å². The van der Waals surface area contributed by atoms with Gasteiger partial charge in [-0.15, -0.1) is 12.7 Å². The van der Waals surface area contributed by atoms with E-state index in [-0.39, 0.29) is 44.1 Å². The van der Waals surface area contributed by atoms with E-state index in [0.29, 0.717) is 5.70 Å². The quantitative estimate of drug-likeness (QED) is 0.524. The van der Waals surface area contributed by atoms with Crippen LogP contribution in [-0.4, -0.2) is 0 Å². The molecule has 0 aliphatic carbocycles. The van der Waals surface area contributed by atoms with Crippen molar-refractivity contribution in [3.63, 3.8) is 0 Å². The molecule has 0 saturated heterocycles. The SMILES string of the molecule is C=CCCCC/C=C(/C)[NH-].[Ac]. The number of nitrogens with one attached hydrogen (secondary N) is 1. The van der Waals surface area contributed by atoms with Crippen LogP contribution in [0.1, 0.15) is 32.6 Å². The fraction of sp³-hybridized carbons (Fsp3) is 0.556. The molecule has 0 aromatic rings. The Morgan fingerprint density at radius 2 is 1.91 bits per heavy atom. The maximum absolute atomic E-state index is 7.10. The molecular weight excluding hydrogens is 349 g/mol. The first-order valence-corrected chi connectivity index (χ1v) is 3.76. The third-order valence-corrected chi connectivity index (χ3v) is 1.31. The maximum Gasteiger partial charge on any atom is 0 e. The van der Waals surface area contributed by atoms with Crippen molar-refractivity contribution in [1.82, 2.24) is 0 Å². The van der Waals surface area contributed by atoms with E-state index in [9.17, 15) is 0 Å². The Kier molecular flexibility index (Phi) is 13.9. The van der Waals surface area contributed by atoms with Crippen molar-refractivity contribution in [1.29, 1.82) is 0 Å². The molecular formula is C9H16AcN-. The molecule has 0 unspecified atom stereocenters. The molecule has 0 saturated carbocycles. The predicted octanol–water partition coefficient (Wildman–Crippen LogP) is 3.69. The normalized spacial score (nSPS) is 10.5. The van der Waals surface area contributed by atoms with Crippen molar-refractivity contribution in [3.8, 4) is 0 Å². The minimum Gasteiger partial charge on any atom is -0.703 e. The van der Waals surface area contributed by atoms with Gasteiger partial charge in [-0.2, -0.15) is 5.70 Å². The van der Waals surface area contributed by atoms with E-state index in [0.717, 1.165) is 12.8 Å². The molecule has 1 N–H and O–H groups in total. The Morgan fingerprint density at radius 1 is 1.36 bits per heavy atom. The van der Waals surface area contributed by atoms with Gasteiger partial charge in [0.25, 0.3) is 0 Å². The number of hydrogen-bond donors (Lipinski definition) is 0. The van der Waals surface area contributed by atoms with Crippen molar-refractivity contribution in [3.05, 3.63) is 30.2 Å². The van der Waals surface area contributed by atoms with Crippen LogP contribution >= 0.6 is 0 Å². The van der Waals surface area contributed by atoms with Crippen LogP contribution in [0.4, 0.5) is 0 Å².